The molecule has 0 bridgehead atoms. The van der Waals surface area contributed by atoms with Crippen molar-refractivity contribution in [3.8, 4) is 28.6 Å². The van der Waals surface area contributed by atoms with E-state index < -0.39 is 5.20 Å². The smallest absolute Gasteiger partial charge is 0.339 e. The lowest BCUT2D eigenvalue weighted by Gasteiger charge is -2.09. The Bertz CT molecular complexity index is 2920. The Kier molecular flexibility index (Phi) is 16.4. The molecule has 0 saturated heterocycles. The van der Waals surface area contributed by atoms with E-state index in [0.29, 0.717) is 21.7 Å². The van der Waals surface area contributed by atoms with E-state index >= 15 is 0 Å². The predicted octanol–water partition coefficient (Wildman–Crippen LogP) is 10.3. The largest absolute Gasteiger partial charge is 0.497 e. The van der Waals surface area contributed by atoms with Crippen molar-refractivity contribution in [2.45, 2.75) is 0 Å². The summed E-state index contributed by atoms with van der Waals surface area (Å²) in [5.41, 5.74) is 1.47. The first kappa shape index (κ1) is 45.5. The number of nitrogens with zero attached hydrogens (tertiary/aromatic N) is 6. The summed E-state index contributed by atoms with van der Waals surface area (Å²) in [7, 11) is 4.84. The summed E-state index contributed by atoms with van der Waals surface area (Å²) < 4.78 is 29.3. The maximum Gasteiger partial charge on any atom is 0.339 e. The van der Waals surface area contributed by atoms with Gasteiger partial charge in [0.05, 0.1) is 38.9 Å². The van der Waals surface area contributed by atoms with Gasteiger partial charge in [0.2, 0.25) is 0 Å². The topological polar surface area (TPSA) is 188 Å². The van der Waals surface area contributed by atoms with Crippen LogP contribution in [0.1, 0.15) is 0 Å². The number of fused-ring (bicyclic) bond motifs is 3. The molecule has 9 rings (SSSR count). The number of nitrogens with one attached hydrogen (secondary N) is 3. The minimum atomic E-state index is -3.22. The predicted molar refractivity (Wildman–Crippen MR) is 241 cm³/mol. The molecule has 21 heteroatoms. The van der Waals surface area contributed by atoms with Crippen LogP contribution in [0.4, 0.5) is 0 Å². The summed E-state index contributed by atoms with van der Waals surface area (Å²) in [5.74, 6) is 2.23. The molecule has 310 valence electrons. The lowest BCUT2D eigenvalue weighted by atomic mass is 10.1. The number of H-pyrrole nitrogens is 3. The SMILES string of the molecule is COc1ccc2c(=O)[nH]cc(-n3cccn3)c2c1.COc1ccc2c(=O)[nH]cc(Br)c2c1.COc1ccc2c(Cl)ncc(-n3cccn3)c2c1.O=P(Cl)(Cl)Cl.c1cn[nH]c1. The molecular formula is C39H33BrCl4N9O6P. The van der Waals surface area contributed by atoms with Gasteiger partial charge in [0.25, 0.3) is 11.1 Å². The Morgan fingerprint density at radius 2 is 1.13 bits per heavy atom. The second-order valence-electron chi connectivity index (χ2n) is 11.7. The Balaban J connectivity index is 0.000000154. The lowest BCUT2D eigenvalue weighted by molar-refractivity contribution is 0.415. The van der Waals surface area contributed by atoms with Gasteiger partial charge in [-0.25, -0.2) is 14.3 Å². The fourth-order valence-corrected chi connectivity index (χ4v) is 6.05. The summed E-state index contributed by atoms with van der Waals surface area (Å²) >= 11 is 23.3. The molecule has 6 heterocycles. The summed E-state index contributed by atoms with van der Waals surface area (Å²) in [6, 6.07) is 21.9. The van der Waals surface area contributed by atoms with Crippen LogP contribution in [0.3, 0.4) is 0 Å². The maximum absolute atomic E-state index is 11.8. The molecule has 6 aromatic heterocycles. The molecule has 0 unspecified atom stereocenters. The molecule has 0 atom stereocenters. The molecule has 0 aliphatic rings. The highest BCUT2D eigenvalue weighted by atomic mass is 79.9. The molecule has 0 aliphatic heterocycles. The van der Waals surface area contributed by atoms with E-state index in [1.54, 1.807) is 98.3 Å². The molecule has 0 amide bonds. The zero-order valence-electron chi connectivity index (χ0n) is 31.6. The number of halogens is 5. The normalized spacial score (nSPS) is 10.5. The monoisotopic (exact) mass is 973 g/mol. The summed E-state index contributed by atoms with van der Waals surface area (Å²) in [4.78, 5) is 32.7. The zero-order chi connectivity index (χ0) is 43.2. The molecule has 0 spiro atoms. The lowest BCUT2D eigenvalue weighted by Crippen LogP contribution is -2.08. The van der Waals surface area contributed by atoms with Crippen molar-refractivity contribution in [1.29, 1.82) is 0 Å². The van der Waals surface area contributed by atoms with Gasteiger partial charge in [0.1, 0.15) is 22.4 Å². The van der Waals surface area contributed by atoms with Crippen LogP contribution in [0, 0.1) is 0 Å². The number of hydrogen-bond donors (Lipinski definition) is 3. The molecule has 9 aromatic rings. The number of benzene rings is 3. The molecule has 60 heavy (non-hydrogen) atoms. The second kappa shape index (κ2) is 21.6. The van der Waals surface area contributed by atoms with Gasteiger partial charge in [-0.15, -0.1) is 0 Å². The molecule has 3 N–H and O–H groups in total. The van der Waals surface area contributed by atoms with Gasteiger partial charge in [-0.3, -0.25) is 19.3 Å². The van der Waals surface area contributed by atoms with E-state index in [-0.39, 0.29) is 11.1 Å². The van der Waals surface area contributed by atoms with Crippen LogP contribution in [0.25, 0.3) is 43.7 Å². The fourth-order valence-electron chi connectivity index (χ4n) is 5.39. The molecule has 0 saturated carbocycles. The van der Waals surface area contributed by atoms with Gasteiger partial charge < -0.3 is 24.2 Å². The number of ether oxygens (including phenoxy) is 3. The van der Waals surface area contributed by atoms with Gasteiger partial charge in [0, 0.05) is 86.4 Å². The van der Waals surface area contributed by atoms with E-state index in [4.69, 9.17) is 25.8 Å². The first-order valence-corrected chi connectivity index (χ1v) is 22.7. The Morgan fingerprint density at radius 1 is 0.650 bits per heavy atom. The molecule has 0 aliphatic carbocycles. The van der Waals surface area contributed by atoms with Crippen LogP contribution in [-0.4, -0.2) is 66.0 Å². The minimum absolute atomic E-state index is 0.0918. The number of pyridine rings is 3. The van der Waals surface area contributed by atoms with Gasteiger partial charge in [-0.2, -0.15) is 15.3 Å². The molecule has 0 radical (unpaired) electrons. The van der Waals surface area contributed by atoms with Crippen molar-refractivity contribution in [1.82, 2.24) is 44.7 Å². The van der Waals surface area contributed by atoms with Crippen molar-refractivity contribution in [3.05, 3.63) is 159 Å². The summed E-state index contributed by atoms with van der Waals surface area (Å²) in [5, 5.41) is 16.6. The van der Waals surface area contributed by atoms with Crippen molar-refractivity contribution in [3.63, 3.8) is 0 Å². The molecule has 15 nitrogen and oxygen atoms in total. The number of hydrogen-bond acceptors (Lipinski definition) is 10. The van der Waals surface area contributed by atoms with E-state index in [9.17, 15) is 14.2 Å². The third-order valence-electron chi connectivity index (χ3n) is 8.08. The molecular weight excluding hydrogens is 943 g/mol. The van der Waals surface area contributed by atoms with Crippen LogP contribution in [0.2, 0.25) is 5.15 Å². The van der Waals surface area contributed by atoms with Gasteiger partial charge >= 0.3 is 5.20 Å². The quantitative estimate of drug-likeness (QED) is 0.111. The van der Waals surface area contributed by atoms with E-state index in [0.717, 1.165) is 48.9 Å². The van der Waals surface area contributed by atoms with Crippen LogP contribution in [0.5, 0.6) is 17.2 Å². The van der Waals surface area contributed by atoms with Crippen LogP contribution in [0.15, 0.2) is 143 Å². The second-order valence-corrected chi connectivity index (χ2v) is 19.6. The van der Waals surface area contributed by atoms with Crippen molar-refractivity contribution in [2.24, 2.45) is 0 Å². The summed E-state index contributed by atoms with van der Waals surface area (Å²) in [6.07, 6.45) is 15.5. The number of rotatable bonds is 5. The van der Waals surface area contributed by atoms with Crippen molar-refractivity contribution in [2.75, 3.05) is 21.3 Å². The third-order valence-corrected chi connectivity index (χ3v) is 9.04. The average Bonchev–Trinajstić information content (AvgIpc) is 4.09. The van der Waals surface area contributed by atoms with Gasteiger partial charge in [-0.05, 0) is 122 Å². The Hall–Kier alpha value is -5.61. The average molecular weight is 976 g/mol. The van der Waals surface area contributed by atoms with E-state index in [1.807, 2.05) is 60.9 Å². The van der Waals surface area contributed by atoms with Gasteiger partial charge in [-0.1, -0.05) is 11.6 Å². The molecule has 3 aromatic carbocycles. The Morgan fingerprint density at radius 3 is 1.60 bits per heavy atom. The van der Waals surface area contributed by atoms with E-state index in [1.165, 1.54) is 0 Å². The fraction of sp³-hybridized carbons (Fsp3) is 0.0769. The third kappa shape index (κ3) is 12.5. The first-order chi connectivity index (χ1) is 28.8. The van der Waals surface area contributed by atoms with Crippen molar-refractivity contribution < 1.29 is 18.8 Å². The number of aromatic amines is 3. The molecule has 0 fully saturated rings. The zero-order valence-corrected chi connectivity index (χ0v) is 37.1. The highest BCUT2D eigenvalue weighted by molar-refractivity contribution is 9.10. The van der Waals surface area contributed by atoms with Crippen LogP contribution >= 0.6 is 66.5 Å². The van der Waals surface area contributed by atoms with E-state index in [2.05, 4.69) is 85.0 Å². The maximum atomic E-state index is 11.8. The van der Waals surface area contributed by atoms with Crippen molar-refractivity contribution >= 4 is 98.8 Å². The van der Waals surface area contributed by atoms with Gasteiger partial charge in [0.15, 0.2) is 0 Å². The Labute approximate surface area is 369 Å². The number of methoxy groups -OCH3 is 3. The van der Waals surface area contributed by atoms with Crippen LogP contribution in [-0.2, 0) is 4.57 Å². The first-order valence-electron chi connectivity index (χ1n) is 17.1. The number of aromatic nitrogens is 9. The highest BCUT2D eigenvalue weighted by Crippen LogP contribution is 2.61. The van der Waals surface area contributed by atoms with Crippen LogP contribution < -0.4 is 25.3 Å². The highest BCUT2D eigenvalue weighted by Gasteiger charge is 2.10. The standard InChI is InChI=1S/C13H10ClN3O.C13H11N3O2.C10H8BrNO2.C3H4N2.Cl3OP/c1-18-9-3-4-10-11(7-9)12(8-15-13(10)14)17-6-2-5-16-17;1-18-9-3-4-10-11(7-9)12(8-14-13(10)17)16-6-2-5-15-16;1-14-6-2-3-7-8(4-6)9(11)5-12-10(7)13;1-2-4-5-3-1;1-5(2,3)4/h2-8H,1H3;2-8H,1H3,(H,14,17);2-5H,1H3,(H,12,13);1-3H,(H,4,5);. The minimum Gasteiger partial charge on any atom is -0.497 e. The summed E-state index contributed by atoms with van der Waals surface area (Å²) in [6.45, 7) is 0.